The Labute approximate surface area is 155 Å². The number of para-hydroxylation sites is 1. The summed E-state index contributed by atoms with van der Waals surface area (Å²) in [5.74, 6) is 0. The third kappa shape index (κ3) is 3.72. The van der Waals surface area contributed by atoms with Crippen molar-refractivity contribution in [1.82, 2.24) is 25.2 Å². The van der Waals surface area contributed by atoms with Crippen LogP contribution in [-0.2, 0) is 6.54 Å². The standard InChI is InChI=1S/C16H12BrN7S/c17-12-5-3-4-11(8-12)9-18-21-16-22-20-15(25-16)10-24-14-7-2-1-6-13(14)19-23-24/h1-9H,10H2,(H,21,22)/b18-9+. The molecule has 7 nitrogen and oxygen atoms in total. The third-order valence-electron chi connectivity index (χ3n) is 3.39. The van der Waals surface area contributed by atoms with Gasteiger partial charge < -0.3 is 0 Å². The lowest BCUT2D eigenvalue weighted by atomic mass is 10.2. The quantitative estimate of drug-likeness (QED) is 0.399. The topological polar surface area (TPSA) is 80.9 Å². The van der Waals surface area contributed by atoms with Crippen molar-refractivity contribution in [2.75, 3.05) is 5.43 Å². The Morgan fingerprint density at radius 1 is 1.12 bits per heavy atom. The normalized spacial score (nSPS) is 11.4. The molecule has 9 heteroatoms. The van der Waals surface area contributed by atoms with E-state index in [2.05, 4.69) is 47.0 Å². The van der Waals surface area contributed by atoms with E-state index in [0.717, 1.165) is 26.1 Å². The highest BCUT2D eigenvalue weighted by Crippen LogP contribution is 2.18. The summed E-state index contributed by atoms with van der Waals surface area (Å²) in [7, 11) is 0. The maximum absolute atomic E-state index is 4.19. The largest absolute Gasteiger partial charge is 0.251 e. The Bertz CT molecular complexity index is 1040. The van der Waals surface area contributed by atoms with Gasteiger partial charge in [-0.1, -0.05) is 56.7 Å². The van der Waals surface area contributed by atoms with Crippen molar-refractivity contribution < 1.29 is 0 Å². The fourth-order valence-corrected chi connectivity index (χ4v) is 3.36. The molecule has 4 rings (SSSR count). The number of hydrogen-bond donors (Lipinski definition) is 1. The van der Waals surface area contributed by atoms with Crippen LogP contribution < -0.4 is 5.43 Å². The first-order valence-corrected chi connectivity index (χ1v) is 9.04. The van der Waals surface area contributed by atoms with Crippen LogP contribution >= 0.6 is 27.3 Å². The molecule has 0 saturated carbocycles. The highest BCUT2D eigenvalue weighted by atomic mass is 79.9. The van der Waals surface area contributed by atoms with E-state index in [9.17, 15) is 0 Å². The number of fused-ring (bicyclic) bond motifs is 1. The average Bonchev–Trinajstić information content (AvgIpc) is 3.23. The molecule has 0 radical (unpaired) electrons. The number of anilines is 1. The highest BCUT2D eigenvalue weighted by molar-refractivity contribution is 9.10. The molecular formula is C16H12BrN7S. The lowest BCUT2D eigenvalue weighted by Gasteiger charge is -1.97. The van der Waals surface area contributed by atoms with Crippen LogP contribution in [-0.4, -0.2) is 31.4 Å². The van der Waals surface area contributed by atoms with E-state index in [0.29, 0.717) is 11.7 Å². The van der Waals surface area contributed by atoms with Crippen molar-refractivity contribution in [1.29, 1.82) is 0 Å². The summed E-state index contributed by atoms with van der Waals surface area (Å²) in [4.78, 5) is 0. The molecule has 0 atom stereocenters. The Morgan fingerprint density at radius 2 is 2.04 bits per heavy atom. The van der Waals surface area contributed by atoms with Gasteiger partial charge in [0.25, 0.3) is 0 Å². The van der Waals surface area contributed by atoms with E-state index in [1.807, 2.05) is 53.2 Å². The first kappa shape index (κ1) is 15.9. The van der Waals surface area contributed by atoms with Crippen LogP contribution in [0.1, 0.15) is 10.6 Å². The molecule has 0 aliphatic rings. The highest BCUT2D eigenvalue weighted by Gasteiger charge is 2.08. The summed E-state index contributed by atoms with van der Waals surface area (Å²) in [5, 5.41) is 22.2. The zero-order valence-corrected chi connectivity index (χ0v) is 15.3. The smallest absolute Gasteiger partial charge is 0.226 e. The SMILES string of the molecule is Brc1cccc(/C=N/Nc2nnc(Cn3nnc4ccccc43)s2)c1. The van der Waals surface area contributed by atoms with Crippen molar-refractivity contribution in [3.8, 4) is 0 Å². The van der Waals surface area contributed by atoms with Gasteiger partial charge in [-0.05, 0) is 29.8 Å². The minimum Gasteiger partial charge on any atom is -0.251 e. The molecule has 4 aromatic rings. The van der Waals surface area contributed by atoms with Gasteiger partial charge in [-0.15, -0.1) is 15.3 Å². The molecule has 124 valence electrons. The maximum Gasteiger partial charge on any atom is 0.226 e. The summed E-state index contributed by atoms with van der Waals surface area (Å²) in [6, 6.07) is 15.7. The molecule has 0 fully saturated rings. The molecule has 0 unspecified atom stereocenters. The van der Waals surface area contributed by atoms with E-state index in [1.165, 1.54) is 11.3 Å². The van der Waals surface area contributed by atoms with Gasteiger partial charge in [0.2, 0.25) is 5.13 Å². The Balaban J connectivity index is 1.43. The van der Waals surface area contributed by atoms with E-state index >= 15 is 0 Å². The van der Waals surface area contributed by atoms with Gasteiger partial charge in [0.15, 0.2) is 0 Å². The molecule has 0 aliphatic carbocycles. The van der Waals surface area contributed by atoms with Crippen molar-refractivity contribution in [2.24, 2.45) is 5.10 Å². The number of hydrazone groups is 1. The van der Waals surface area contributed by atoms with E-state index in [4.69, 9.17) is 0 Å². The molecule has 0 saturated heterocycles. The second-order valence-electron chi connectivity index (χ2n) is 5.16. The fraction of sp³-hybridized carbons (Fsp3) is 0.0625. The van der Waals surface area contributed by atoms with E-state index in [-0.39, 0.29) is 0 Å². The zero-order valence-electron chi connectivity index (χ0n) is 12.9. The zero-order chi connectivity index (χ0) is 17.1. The molecule has 25 heavy (non-hydrogen) atoms. The second-order valence-corrected chi connectivity index (χ2v) is 7.14. The number of hydrogen-bond acceptors (Lipinski definition) is 7. The van der Waals surface area contributed by atoms with Crippen LogP contribution in [0.2, 0.25) is 0 Å². The van der Waals surface area contributed by atoms with Crippen molar-refractivity contribution in [3.63, 3.8) is 0 Å². The second kappa shape index (κ2) is 7.08. The lowest BCUT2D eigenvalue weighted by molar-refractivity contribution is 0.662. The minimum absolute atomic E-state index is 0.523. The van der Waals surface area contributed by atoms with Crippen molar-refractivity contribution >= 4 is 49.6 Å². The molecule has 0 bridgehead atoms. The van der Waals surface area contributed by atoms with Crippen LogP contribution in [0.4, 0.5) is 5.13 Å². The van der Waals surface area contributed by atoms with Gasteiger partial charge in [-0.3, -0.25) is 5.43 Å². The van der Waals surface area contributed by atoms with Crippen LogP contribution in [0.15, 0.2) is 58.1 Å². The predicted octanol–water partition coefficient (Wildman–Crippen LogP) is 3.54. The third-order valence-corrected chi connectivity index (χ3v) is 4.70. The van der Waals surface area contributed by atoms with Gasteiger partial charge in [-0.2, -0.15) is 5.10 Å². The van der Waals surface area contributed by atoms with Crippen LogP contribution in [0.25, 0.3) is 11.0 Å². The van der Waals surface area contributed by atoms with Crippen LogP contribution in [0.3, 0.4) is 0 Å². The summed E-state index contributed by atoms with van der Waals surface area (Å²) in [6.07, 6.45) is 1.73. The Kier molecular flexibility index (Phi) is 4.49. The molecule has 2 aromatic carbocycles. The van der Waals surface area contributed by atoms with Crippen molar-refractivity contribution in [3.05, 3.63) is 63.6 Å². The maximum atomic E-state index is 4.19. The molecular weight excluding hydrogens is 402 g/mol. The number of nitrogens with one attached hydrogen (secondary N) is 1. The monoisotopic (exact) mass is 413 g/mol. The summed E-state index contributed by atoms with van der Waals surface area (Å²) in [6.45, 7) is 0.523. The first-order valence-electron chi connectivity index (χ1n) is 7.43. The van der Waals surface area contributed by atoms with Gasteiger partial charge in [0, 0.05) is 4.47 Å². The number of halogens is 1. The van der Waals surface area contributed by atoms with Gasteiger partial charge in [0.05, 0.1) is 18.3 Å². The van der Waals surface area contributed by atoms with Gasteiger partial charge in [0.1, 0.15) is 10.5 Å². The summed E-state index contributed by atoms with van der Waals surface area (Å²) < 4.78 is 2.82. The van der Waals surface area contributed by atoms with Gasteiger partial charge >= 0.3 is 0 Å². The fourth-order valence-electron chi connectivity index (χ4n) is 2.27. The molecule has 1 N–H and O–H groups in total. The van der Waals surface area contributed by atoms with E-state index < -0.39 is 0 Å². The van der Waals surface area contributed by atoms with Gasteiger partial charge in [-0.25, -0.2) is 4.68 Å². The molecule has 0 amide bonds. The van der Waals surface area contributed by atoms with Crippen LogP contribution in [0.5, 0.6) is 0 Å². The number of rotatable bonds is 5. The molecule has 0 aliphatic heterocycles. The molecule has 2 heterocycles. The molecule has 0 spiro atoms. The number of aromatic nitrogens is 5. The number of benzene rings is 2. The Morgan fingerprint density at radius 3 is 2.96 bits per heavy atom. The van der Waals surface area contributed by atoms with Crippen LogP contribution in [0, 0.1) is 0 Å². The summed E-state index contributed by atoms with van der Waals surface area (Å²) >= 11 is 4.86. The minimum atomic E-state index is 0.523. The number of nitrogens with zero attached hydrogens (tertiary/aromatic N) is 6. The van der Waals surface area contributed by atoms with Crippen molar-refractivity contribution in [2.45, 2.75) is 6.54 Å². The molecule has 2 aromatic heterocycles. The summed E-state index contributed by atoms with van der Waals surface area (Å²) in [5.41, 5.74) is 5.73. The average molecular weight is 414 g/mol. The predicted molar refractivity (Wildman–Crippen MR) is 102 cm³/mol. The first-order chi connectivity index (χ1) is 12.3. The lowest BCUT2D eigenvalue weighted by Crippen LogP contribution is -2.01. The van der Waals surface area contributed by atoms with E-state index in [1.54, 1.807) is 6.21 Å². The Hall–Kier alpha value is -2.65.